The van der Waals surface area contributed by atoms with Gasteiger partial charge in [-0.25, -0.2) is 18.3 Å². The Morgan fingerprint density at radius 2 is 1.87 bits per heavy atom. The second-order valence-electron chi connectivity index (χ2n) is 6.80. The highest BCUT2D eigenvalue weighted by Crippen LogP contribution is 2.29. The summed E-state index contributed by atoms with van der Waals surface area (Å²) in [6.45, 7) is 0.827. The third-order valence-electron chi connectivity index (χ3n) is 4.87. The number of aromatic nitrogens is 4. The van der Waals surface area contributed by atoms with Crippen molar-refractivity contribution in [1.82, 2.24) is 30.4 Å². The first kappa shape index (κ1) is 19.3. The molecule has 0 radical (unpaired) electrons. The number of hydrogen-bond acceptors (Lipinski definition) is 6. The molecule has 1 aromatic heterocycles. The van der Waals surface area contributed by atoms with Crippen LogP contribution in [0, 0.1) is 11.6 Å². The molecule has 30 heavy (non-hydrogen) atoms. The Morgan fingerprint density at radius 1 is 1.13 bits per heavy atom. The van der Waals surface area contributed by atoms with Crippen LogP contribution >= 0.6 is 0 Å². The van der Waals surface area contributed by atoms with Crippen LogP contribution in [0.2, 0.25) is 0 Å². The molecule has 152 valence electrons. The largest absolute Gasteiger partial charge is 0.325 e. The molecule has 1 N–H and O–H groups in total. The lowest BCUT2D eigenvalue weighted by molar-refractivity contribution is -0.130. The van der Waals surface area contributed by atoms with Gasteiger partial charge in [-0.05, 0) is 47.2 Å². The Labute approximate surface area is 168 Å². The van der Waals surface area contributed by atoms with Crippen LogP contribution in [0.1, 0.15) is 22.8 Å². The monoisotopic (exact) mass is 412 g/mol. The van der Waals surface area contributed by atoms with Crippen LogP contribution in [-0.4, -0.2) is 49.4 Å². The third-order valence-corrected chi connectivity index (χ3v) is 4.87. The van der Waals surface area contributed by atoms with Gasteiger partial charge in [-0.1, -0.05) is 12.1 Å². The van der Waals surface area contributed by atoms with Crippen molar-refractivity contribution in [2.45, 2.75) is 12.5 Å². The minimum atomic E-state index is -1.42. The van der Waals surface area contributed by atoms with E-state index >= 15 is 0 Å². The number of Topliss-reactive ketones (excluding diaryl/α,β-unsaturated/α-hetero) is 1. The molecule has 0 spiro atoms. The van der Waals surface area contributed by atoms with Crippen molar-refractivity contribution in [2.75, 3.05) is 6.54 Å². The summed E-state index contributed by atoms with van der Waals surface area (Å²) in [5.74, 6) is -3.39. The molecular formula is C19H14F2N6O3. The zero-order valence-electron chi connectivity index (χ0n) is 15.5. The van der Waals surface area contributed by atoms with Crippen LogP contribution < -0.4 is 5.32 Å². The first-order chi connectivity index (χ1) is 14.3. The van der Waals surface area contributed by atoms with Gasteiger partial charge in [0, 0.05) is 6.07 Å². The fraction of sp³-hybridized carbons (Fsp3) is 0.158. The average Bonchev–Trinajstić information content (AvgIpc) is 3.32. The summed E-state index contributed by atoms with van der Waals surface area (Å²) in [6.07, 6.45) is 1.40. The second-order valence-corrected chi connectivity index (χ2v) is 6.80. The van der Waals surface area contributed by atoms with Gasteiger partial charge in [0.25, 0.3) is 5.91 Å². The van der Waals surface area contributed by atoms with Gasteiger partial charge in [-0.15, -0.1) is 5.10 Å². The van der Waals surface area contributed by atoms with E-state index in [2.05, 4.69) is 20.8 Å². The first-order valence-corrected chi connectivity index (χ1v) is 8.76. The van der Waals surface area contributed by atoms with Crippen molar-refractivity contribution in [2.24, 2.45) is 0 Å². The van der Waals surface area contributed by atoms with Crippen LogP contribution in [0.4, 0.5) is 13.6 Å². The van der Waals surface area contributed by atoms with Crippen molar-refractivity contribution >= 4 is 17.7 Å². The van der Waals surface area contributed by atoms with Gasteiger partial charge < -0.3 is 5.32 Å². The van der Waals surface area contributed by atoms with Crippen molar-refractivity contribution in [3.63, 3.8) is 0 Å². The predicted octanol–water partition coefficient (Wildman–Crippen LogP) is 1.59. The molecule has 0 bridgehead atoms. The highest BCUT2D eigenvalue weighted by molar-refractivity contribution is 6.11. The van der Waals surface area contributed by atoms with Gasteiger partial charge in [0.1, 0.15) is 23.5 Å². The zero-order valence-corrected chi connectivity index (χ0v) is 15.5. The summed E-state index contributed by atoms with van der Waals surface area (Å²) in [5, 5.41) is 13.4. The number of urea groups is 1. The molecule has 2 heterocycles. The summed E-state index contributed by atoms with van der Waals surface area (Å²) >= 11 is 0. The number of rotatable bonds is 5. The van der Waals surface area contributed by atoms with Crippen LogP contribution in [0.25, 0.3) is 5.69 Å². The number of nitrogens with one attached hydrogen (secondary N) is 1. The fourth-order valence-corrected chi connectivity index (χ4v) is 3.21. The Hall–Kier alpha value is -4.02. The summed E-state index contributed by atoms with van der Waals surface area (Å²) in [4.78, 5) is 38.4. The quantitative estimate of drug-likeness (QED) is 0.503. The van der Waals surface area contributed by atoms with Crippen LogP contribution in [0.15, 0.2) is 48.8 Å². The standard InChI is InChI=1S/C19H14F2N6O3/c1-19(11-2-5-13(6-3-11)27-10-22-24-25-27)17(29)26(18(30)23-19)9-16(28)14-7-4-12(20)8-15(14)21/h2-8,10H,9H2,1H3,(H,23,30). The van der Waals surface area contributed by atoms with Gasteiger partial charge in [-0.3, -0.25) is 14.5 Å². The van der Waals surface area contributed by atoms with Crippen molar-refractivity contribution in [3.8, 4) is 5.69 Å². The maximum Gasteiger partial charge on any atom is 0.325 e. The maximum absolute atomic E-state index is 13.9. The summed E-state index contributed by atoms with van der Waals surface area (Å²) in [5.41, 5.74) is -0.711. The smallest absolute Gasteiger partial charge is 0.319 e. The minimum Gasteiger partial charge on any atom is -0.319 e. The molecule has 0 aliphatic carbocycles. The average molecular weight is 412 g/mol. The van der Waals surface area contributed by atoms with Crippen molar-refractivity contribution < 1.29 is 23.2 Å². The normalized spacial score (nSPS) is 18.6. The summed E-state index contributed by atoms with van der Waals surface area (Å²) < 4.78 is 28.3. The van der Waals surface area contributed by atoms with Crippen molar-refractivity contribution in [3.05, 3.63) is 71.6 Å². The molecule has 11 heteroatoms. The number of tetrazole rings is 1. The molecule has 3 amide bonds. The molecule has 2 aromatic carbocycles. The van der Waals surface area contributed by atoms with Gasteiger partial charge in [0.15, 0.2) is 5.78 Å². The molecule has 3 aromatic rings. The number of hydrogen-bond donors (Lipinski definition) is 1. The van der Waals surface area contributed by atoms with E-state index in [1.54, 1.807) is 24.3 Å². The number of amides is 3. The molecule has 1 aliphatic rings. The van der Waals surface area contributed by atoms with Crippen LogP contribution in [0.5, 0.6) is 0 Å². The number of halogens is 2. The van der Waals surface area contributed by atoms with E-state index < -0.39 is 47.0 Å². The first-order valence-electron chi connectivity index (χ1n) is 8.76. The Morgan fingerprint density at radius 3 is 2.50 bits per heavy atom. The number of nitrogens with zero attached hydrogens (tertiary/aromatic N) is 5. The molecule has 9 nitrogen and oxygen atoms in total. The molecule has 4 rings (SSSR count). The Balaban J connectivity index is 1.56. The fourth-order valence-electron chi connectivity index (χ4n) is 3.21. The lowest BCUT2D eigenvalue weighted by atomic mass is 9.92. The summed E-state index contributed by atoms with van der Waals surface area (Å²) in [7, 11) is 0. The molecular weight excluding hydrogens is 398 g/mol. The SMILES string of the molecule is CC1(c2ccc(-n3cnnn3)cc2)NC(=O)N(CC(=O)c2ccc(F)cc2F)C1=O. The van der Waals surface area contributed by atoms with E-state index in [-0.39, 0.29) is 0 Å². The van der Waals surface area contributed by atoms with Gasteiger partial charge in [0.05, 0.1) is 17.8 Å². The van der Waals surface area contributed by atoms with E-state index in [9.17, 15) is 23.2 Å². The van der Waals surface area contributed by atoms with E-state index in [1.165, 1.54) is 17.9 Å². The van der Waals surface area contributed by atoms with E-state index in [0.717, 1.165) is 12.1 Å². The Kier molecular flexibility index (Phi) is 4.57. The van der Waals surface area contributed by atoms with Crippen molar-refractivity contribution in [1.29, 1.82) is 0 Å². The van der Waals surface area contributed by atoms with Crippen LogP contribution in [-0.2, 0) is 10.3 Å². The topological polar surface area (TPSA) is 110 Å². The maximum atomic E-state index is 13.9. The lowest BCUT2D eigenvalue weighted by Crippen LogP contribution is -2.41. The van der Waals surface area contributed by atoms with E-state index in [1.807, 2.05) is 0 Å². The van der Waals surface area contributed by atoms with Gasteiger partial charge in [0.2, 0.25) is 0 Å². The highest BCUT2D eigenvalue weighted by Gasteiger charge is 2.49. The minimum absolute atomic E-state index is 0.406. The number of ketones is 1. The zero-order chi connectivity index (χ0) is 21.5. The lowest BCUT2D eigenvalue weighted by Gasteiger charge is -2.22. The number of carbonyl (C=O) groups is 3. The Bertz CT molecular complexity index is 1150. The number of carbonyl (C=O) groups excluding carboxylic acids is 3. The molecule has 1 fully saturated rings. The molecule has 0 saturated carbocycles. The molecule has 1 unspecified atom stereocenters. The number of imide groups is 1. The molecule has 1 aliphatic heterocycles. The van der Waals surface area contributed by atoms with E-state index in [0.29, 0.717) is 22.2 Å². The number of benzene rings is 2. The molecule has 1 atom stereocenters. The highest BCUT2D eigenvalue weighted by atomic mass is 19.1. The predicted molar refractivity (Wildman–Crippen MR) is 97.4 cm³/mol. The third kappa shape index (κ3) is 3.19. The van der Waals surface area contributed by atoms with Crippen LogP contribution in [0.3, 0.4) is 0 Å². The van der Waals surface area contributed by atoms with Gasteiger partial charge >= 0.3 is 6.03 Å². The van der Waals surface area contributed by atoms with E-state index in [4.69, 9.17) is 0 Å². The summed E-state index contributed by atoms with van der Waals surface area (Å²) in [6, 6.07) is 8.26. The molecule has 1 saturated heterocycles. The second kappa shape index (κ2) is 7.10. The van der Waals surface area contributed by atoms with Gasteiger partial charge in [-0.2, -0.15) is 0 Å².